The molecule has 0 aliphatic carbocycles. The smallest absolute Gasteiger partial charge is 0.320 e. The molecule has 3 heterocycles. The number of nitrogens with zero attached hydrogens (tertiary/aromatic N) is 6. The van der Waals surface area contributed by atoms with E-state index in [4.69, 9.17) is 0 Å². The predicted octanol–water partition coefficient (Wildman–Crippen LogP) is -0.0108. The first-order valence-electron chi connectivity index (χ1n) is 7.50. The van der Waals surface area contributed by atoms with Crippen LogP contribution in [0.3, 0.4) is 0 Å². The highest BCUT2D eigenvalue weighted by Gasteiger charge is 2.27. The second-order valence-electron chi connectivity index (χ2n) is 5.65. The molecule has 0 fully saturated rings. The van der Waals surface area contributed by atoms with Crippen LogP contribution in [0, 0.1) is 11.9 Å². The molecule has 0 atom stereocenters. The number of carbonyl (C=O) groups excluding carboxylic acids is 1. The zero-order chi connectivity index (χ0) is 17.6. The van der Waals surface area contributed by atoms with Gasteiger partial charge >= 0.3 is 6.08 Å². The largest absolute Gasteiger partial charge is 0.329 e. The van der Waals surface area contributed by atoms with Gasteiger partial charge in [0.1, 0.15) is 13.7 Å². The maximum absolute atomic E-state index is 13.4. The molecule has 3 aromatic rings. The summed E-state index contributed by atoms with van der Waals surface area (Å²) in [5.41, 5.74) is 0.852. The Bertz CT molecular complexity index is 974. The SMILES string of the molecule is Bc1cc(C(=O)N2CCn3c(nnc3-c3nc(F)ns3)C2)ccc1F. The quantitative estimate of drug-likeness (QED) is 0.601. The molecule has 1 aliphatic heterocycles. The molecular weight excluding hydrogens is 349 g/mol. The molecule has 0 unspecified atom stereocenters. The topological polar surface area (TPSA) is 76.8 Å². The Kier molecular flexibility index (Phi) is 3.79. The van der Waals surface area contributed by atoms with E-state index in [1.54, 1.807) is 17.3 Å². The molecule has 0 N–H and O–H groups in total. The summed E-state index contributed by atoms with van der Waals surface area (Å²) in [6, 6.07) is 4.29. The Balaban J connectivity index is 1.58. The van der Waals surface area contributed by atoms with Gasteiger partial charge in [-0.2, -0.15) is 9.37 Å². The molecule has 2 aromatic heterocycles. The maximum atomic E-state index is 13.4. The first-order chi connectivity index (χ1) is 12.0. The number of benzene rings is 1. The van der Waals surface area contributed by atoms with Crippen LogP contribution in [0.1, 0.15) is 16.2 Å². The van der Waals surface area contributed by atoms with Crippen molar-refractivity contribution in [3.05, 3.63) is 41.5 Å². The van der Waals surface area contributed by atoms with E-state index in [-0.39, 0.29) is 18.3 Å². The monoisotopic (exact) mass is 360 g/mol. The molecule has 7 nitrogen and oxygen atoms in total. The lowest BCUT2D eigenvalue weighted by molar-refractivity contribution is 0.0708. The minimum absolute atomic E-state index is 0.194. The number of hydrogen-bond donors (Lipinski definition) is 0. The van der Waals surface area contributed by atoms with E-state index in [0.717, 1.165) is 11.5 Å². The molecule has 0 radical (unpaired) electrons. The predicted molar refractivity (Wildman–Crippen MR) is 88.2 cm³/mol. The summed E-state index contributed by atoms with van der Waals surface area (Å²) >= 11 is 0.911. The first kappa shape index (κ1) is 15.8. The molecule has 0 saturated carbocycles. The molecule has 0 bridgehead atoms. The third-order valence-electron chi connectivity index (χ3n) is 4.04. The standard InChI is InChI=1S/C14H11BF2N6OS/c15-8-5-7(1-2-9(8)16)13(24)22-3-4-23-10(6-22)19-20-11(23)12-18-14(17)21-25-12/h1-2,5H,3-4,6,15H2. The molecule has 1 aromatic carbocycles. The molecular formula is C14H11BF2N6OS. The van der Waals surface area contributed by atoms with Crippen LogP contribution in [0.25, 0.3) is 10.8 Å². The highest BCUT2D eigenvalue weighted by molar-refractivity contribution is 7.08. The third kappa shape index (κ3) is 2.80. The van der Waals surface area contributed by atoms with E-state index in [0.29, 0.717) is 40.8 Å². The zero-order valence-corrected chi connectivity index (χ0v) is 13.9. The van der Waals surface area contributed by atoms with E-state index in [1.165, 1.54) is 18.2 Å². The average molecular weight is 360 g/mol. The van der Waals surface area contributed by atoms with Crippen molar-refractivity contribution in [2.45, 2.75) is 13.1 Å². The van der Waals surface area contributed by atoms with Crippen LogP contribution in [0.2, 0.25) is 0 Å². The van der Waals surface area contributed by atoms with Gasteiger partial charge in [-0.15, -0.1) is 14.6 Å². The minimum Gasteiger partial charge on any atom is -0.329 e. The van der Waals surface area contributed by atoms with Crippen molar-refractivity contribution in [1.29, 1.82) is 0 Å². The lowest BCUT2D eigenvalue weighted by atomic mass is 9.93. The van der Waals surface area contributed by atoms with Gasteiger partial charge in [-0.25, -0.2) is 4.39 Å². The van der Waals surface area contributed by atoms with E-state index < -0.39 is 6.08 Å². The number of hydrogen-bond acceptors (Lipinski definition) is 6. The van der Waals surface area contributed by atoms with Crippen molar-refractivity contribution in [1.82, 2.24) is 29.0 Å². The zero-order valence-electron chi connectivity index (χ0n) is 13.1. The van der Waals surface area contributed by atoms with Crippen LogP contribution in [0.5, 0.6) is 0 Å². The summed E-state index contributed by atoms with van der Waals surface area (Å²) in [5, 5.41) is 8.47. The van der Waals surface area contributed by atoms with Crippen molar-refractivity contribution in [3.8, 4) is 10.8 Å². The summed E-state index contributed by atoms with van der Waals surface area (Å²) in [5.74, 6) is 0.495. The van der Waals surface area contributed by atoms with Crippen molar-refractivity contribution in [2.75, 3.05) is 6.54 Å². The fourth-order valence-electron chi connectivity index (χ4n) is 2.75. The van der Waals surface area contributed by atoms with E-state index in [1.807, 2.05) is 0 Å². The lowest BCUT2D eigenvalue weighted by Gasteiger charge is -2.27. The normalized spacial score (nSPS) is 13.8. The van der Waals surface area contributed by atoms with E-state index in [2.05, 4.69) is 19.6 Å². The Morgan fingerprint density at radius 3 is 2.80 bits per heavy atom. The number of amides is 1. The molecule has 1 aliphatic rings. The molecule has 0 spiro atoms. The Hall–Kier alpha value is -2.69. The third-order valence-corrected chi connectivity index (χ3v) is 4.73. The fraction of sp³-hybridized carbons (Fsp3) is 0.214. The fourth-order valence-corrected chi connectivity index (χ4v) is 3.30. The van der Waals surface area contributed by atoms with Crippen LogP contribution in [0.4, 0.5) is 8.78 Å². The van der Waals surface area contributed by atoms with Crippen molar-refractivity contribution in [2.24, 2.45) is 0 Å². The summed E-state index contributed by atoms with van der Waals surface area (Å²) < 4.78 is 31.7. The number of rotatable bonds is 2. The van der Waals surface area contributed by atoms with Gasteiger partial charge in [0.25, 0.3) is 5.91 Å². The maximum Gasteiger partial charge on any atom is 0.320 e. The summed E-state index contributed by atoms with van der Waals surface area (Å²) in [6.07, 6.45) is -0.795. The number of aromatic nitrogens is 5. The Labute approximate surface area is 145 Å². The van der Waals surface area contributed by atoms with Crippen LogP contribution >= 0.6 is 11.5 Å². The summed E-state index contributed by atoms with van der Waals surface area (Å²) in [4.78, 5) is 17.9. The van der Waals surface area contributed by atoms with Crippen LogP contribution in [-0.2, 0) is 13.1 Å². The molecule has 1 amide bonds. The molecule has 25 heavy (non-hydrogen) atoms. The van der Waals surface area contributed by atoms with Gasteiger partial charge < -0.3 is 9.47 Å². The highest BCUT2D eigenvalue weighted by atomic mass is 32.1. The molecule has 11 heteroatoms. The average Bonchev–Trinajstić information content (AvgIpc) is 3.22. The van der Waals surface area contributed by atoms with Gasteiger partial charge in [0, 0.05) is 18.7 Å². The summed E-state index contributed by atoms with van der Waals surface area (Å²) in [7, 11) is 1.62. The van der Waals surface area contributed by atoms with Crippen LogP contribution in [-0.4, -0.2) is 49.3 Å². The molecule has 0 saturated heterocycles. The molecule has 126 valence electrons. The van der Waals surface area contributed by atoms with Gasteiger partial charge in [-0.1, -0.05) is 11.5 Å². The number of carbonyl (C=O) groups is 1. The molecule has 4 rings (SSSR count). The Morgan fingerprint density at radius 2 is 2.08 bits per heavy atom. The van der Waals surface area contributed by atoms with Gasteiger partial charge in [0.15, 0.2) is 16.7 Å². The van der Waals surface area contributed by atoms with Crippen LogP contribution in [0.15, 0.2) is 18.2 Å². The van der Waals surface area contributed by atoms with Crippen LogP contribution < -0.4 is 5.46 Å². The van der Waals surface area contributed by atoms with Crippen molar-refractivity contribution in [3.63, 3.8) is 0 Å². The van der Waals surface area contributed by atoms with Gasteiger partial charge in [-0.05, 0) is 23.7 Å². The van der Waals surface area contributed by atoms with Gasteiger partial charge in [0.2, 0.25) is 0 Å². The lowest BCUT2D eigenvalue weighted by Crippen LogP contribution is -2.38. The highest BCUT2D eigenvalue weighted by Crippen LogP contribution is 2.23. The van der Waals surface area contributed by atoms with Gasteiger partial charge in [-0.3, -0.25) is 4.79 Å². The minimum atomic E-state index is -0.795. The van der Waals surface area contributed by atoms with Crippen molar-refractivity contribution >= 4 is 30.7 Å². The van der Waals surface area contributed by atoms with Gasteiger partial charge in [0.05, 0.1) is 6.54 Å². The van der Waals surface area contributed by atoms with E-state index >= 15 is 0 Å². The van der Waals surface area contributed by atoms with E-state index in [9.17, 15) is 13.6 Å². The number of fused-ring (bicyclic) bond motifs is 1. The second kappa shape index (κ2) is 5.99. The Morgan fingerprint density at radius 1 is 1.24 bits per heavy atom. The summed E-state index contributed by atoms with van der Waals surface area (Å²) in [6.45, 7) is 1.17. The second-order valence-corrected chi connectivity index (χ2v) is 6.40. The van der Waals surface area contributed by atoms with Crippen molar-refractivity contribution < 1.29 is 13.6 Å². The first-order valence-corrected chi connectivity index (χ1v) is 8.27. The number of halogens is 2.